The first-order valence-electron chi connectivity index (χ1n) is 7.37. The van der Waals surface area contributed by atoms with Gasteiger partial charge in [0.25, 0.3) is 0 Å². The Morgan fingerprint density at radius 2 is 2.00 bits per heavy atom. The summed E-state index contributed by atoms with van der Waals surface area (Å²) < 4.78 is 6.64. The number of rotatable bonds is 4. The third kappa shape index (κ3) is 3.91. The molecule has 0 spiro atoms. The van der Waals surface area contributed by atoms with Gasteiger partial charge in [0.15, 0.2) is 11.6 Å². The van der Waals surface area contributed by atoms with Crippen molar-refractivity contribution in [3.8, 4) is 11.4 Å². The summed E-state index contributed by atoms with van der Waals surface area (Å²) in [5.41, 5.74) is 0.422. The van der Waals surface area contributed by atoms with Crippen LogP contribution in [0.25, 0.3) is 11.4 Å². The molecule has 10 heteroatoms. The Balaban J connectivity index is 1.78. The maximum absolute atomic E-state index is 6.20. The lowest BCUT2D eigenvalue weighted by atomic mass is 9.97. The van der Waals surface area contributed by atoms with Crippen LogP contribution < -0.4 is 5.84 Å². The molecule has 0 aliphatic heterocycles. The zero-order chi connectivity index (χ0) is 18.2. The summed E-state index contributed by atoms with van der Waals surface area (Å²) in [6.07, 6.45) is 0. The van der Waals surface area contributed by atoms with Crippen LogP contribution in [0, 0.1) is 0 Å². The first kappa shape index (κ1) is 18.0. The van der Waals surface area contributed by atoms with Crippen LogP contribution in [0.4, 0.5) is 0 Å². The summed E-state index contributed by atoms with van der Waals surface area (Å²) in [6, 6.07) is 5.08. The molecule has 132 valence electrons. The van der Waals surface area contributed by atoms with Crippen LogP contribution in [-0.4, -0.2) is 25.0 Å². The minimum absolute atomic E-state index is 0.194. The van der Waals surface area contributed by atoms with Crippen molar-refractivity contribution in [3.05, 3.63) is 40.0 Å². The van der Waals surface area contributed by atoms with Gasteiger partial charge in [-0.05, 0) is 18.2 Å². The normalized spacial score (nSPS) is 11.9. The van der Waals surface area contributed by atoms with Crippen LogP contribution in [0.5, 0.6) is 0 Å². The lowest BCUT2D eigenvalue weighted by Gasteiger charge is -2.10. The third-order valence-corrected chi connectivity index (χ3v) is 4.78. The summed E-state index contributed by atoms with van der Waals surface area (Å²) in [5.74, 6) is 8.14. The topological polar surface area (TPSA) is 95.7 Å². The van der Waals surface area contributed by atoms with E-state index in [2.05, 4.69) is 20.3 Å². The number of hydrogen-bond acceptors (Lipinski definition) is 7. The molecule has 3 aromatic rings. The molecule has 0 fully saturated rings. The molecule has 2 aromatic heterocycles. The van der Waals surface area contributed by atoms with Gasteiger partial charge in [0.1, 0.15) is 0 Å². The first-order chi connectivity index (χ1) is 11.8. The van der Waals surface area contributed by atoms with E-state index in [1.54, 1.807) is 18.2 Å². The van der Waals surface area contributed by atoms with Crippen molar-refractivity contribution < 1.29 is 4.52 Å². The Bertz CT molecular complexity index is 902. The fourth-order valence-electron chi connectivity index (χ4n) is 1.97. The molecule has 2 heterocycles. The van der Waals surface area contributed by atoms with Gasteiger partial charge in [-0.25, -0.2) is 4.68 Å². The van der Waals surface area contributed by atoms with Crippen LogP contribution in [0.2, 0.25) is 10.0 Å². The Kier molecular flexibility index (Phi) is 4.95. The number of hydrogen-bond donors (Lipinski definition) is 1. The Labute approximate surface area is 158 Å². The summed E-state index contributed by atoms with van der Waals surface area (Å²) in [4.78, 5) is 4.38. The zero-order valence-corrected chi connectivity index (χ0v) is 16.2. The quantitative estimate of drug-likeness (QED) is 0.524. The summed E-state index contributed by atoms with van der Waals surface area (Å²) in [5, 5.41) is 13.7. The van der Waals surface area contributed by atoms with Gasteiger partial charge in [-0.3, -0.25) is 0 Å². The molecule has 0 saturated heterocycles. The molecular weight excluding hydrogens is 383 g/mol. The highest BCUT2D eigenvalue weighted by Gasteiger charge is 2.22. The number of nitrogens with zero attached hydrogens (tertiary/aromatic N) is 5. The first-order valence-corrected chi connectivity index (χ1v) is 9.11. The SMILES string of the molecule is CC(C)(C)c1nc(CSc2nnc(-c3cc(Cl)ccc3Cl)n2N)no1. The molecule has 0 amide bonds. The van der Waals surface area contributed by atoms with Gasteiger partial charge >= 0.3 is 0 Å². The minimum atomic E-state index is -0.194. The highest BCUT2D eigenvalue weighted by Crippen LogP contribution is 2.31. The highest BCUT2D eigenvalue weighted by molar-refractivity contribution is 7.98. The average Bonchev–Trinajstić information content (AvgIpc) is 3.14. The fourth-order valence-corrected chi connectivity index (χ4v) is 3.05. The number of aromatic nitrogens is 5. The second-order valence-corrected chi connectivity index (χ2v) is 8.14. The molecule has 1 aromatic carbocycles. The Hall–Kier alpha value is -1.77. The Morgan fingerprint density at radius 1 is 1.24 bits per heavy atom. The van der Waals surface area contributed by atoms with Gasteiger partial charge in [0.05, 0.1) is 10.8 Å². The standard InChI is InChI=1S/C15H16Cl2N6OS/c1-15(2,3)13-19-11(22-24-13)7-25-14-21-20-12(23(14)18)9-6-8(16)4-5-10(9)17/h4-6H,7,18H2,1-3H3. The number of halogens is 2. The number of benzene rings is 1. The van der Waals surface area contributed by atoms with E-state index >= 15 is 0 Å². The Morgan fingerprint density at radius 3 is 2.68 bits per heavy atom. The van der Waals surface area contributed by atoms with Crippen molar-refractivity contribution in [2.45, 2.75) is 37.1 Å². The molecular formula is C15H16Cl2N6OS. The summed E-state index contributed by atoms with van der Waals surface area (Å²) >= 11 is 13.6. The largest absolute Gasteiger partial charge is 0.339 e. The van der Waals surface area contributed by atoms with Crippen molar-refractivity contribution in [1.82, 2.24) is 25.0 Å². The van der Waals surface area contributed by atoms with Crippen LogP contribution in [0.15, 0.2) is 27.9 Å². The van der Waals surface area contributed by atoms with Crippen molar-refractivity contribution in [2.24, 2.45) is 0 Å². The lowest BCUT2D eigenvalue weighted by Crippen LogP contribution is -2.12. The highest BCUT2D eigenvalue weighted by atomic mass is 35.5. The van der Waals surface area contributed by atoms with Gasteiger partial charge in [-0.15, -0.1) is 10.2 Å². The van der Waals surface area contributed by atoms with Gasteiger partial charge in [-0.1, -0.05) is 60.9 Å². The molecule has 0 bridgehead atoms. The van der Waals surface area contributed by atoms with Crippen LogP contribution in [0.1, 0.15) is 32.5 Å². The molecule has 0 saturated carbocycles. The molecule has 0 aliphatic rings. The maximum atomic E-state index is 6.20. The molecule has 0 radical (unpaired) electrons. The van der Waals surface area contributed by atoms with Gasteiger partial charge < -0.3 is 10.4 Å². The van der Waals surface area contributed by atoms with Crippen LogP contribution in [0.3, 0.4) is 0 Å². The van der Waals surface area contributed by atoms with Crippen molar-refractivity contribution >= 4 is 35.0 Å². The van der Waals surface area contributed by atoms with Crippen LogP contribution >= 0.6 is 35.0 Å². The van der Waals surface area contributed by atoms with Gasteiger partial charge in [0, 0.05) is 16.0 Å². The average molecular weight is 399 g/mol. The molecule has 7 nitrogen and oxygen atoms in total. The molecule has 0 unspecified atom stereocenters. The van der Waals surface area contributed by atoms with E-state index in [9.17, 15) is 0 Å². The molecule has 2 N–H and O–H groups in total. The van der Waals surface area contributed by atoms with E-state index in [0.717, 1.165) is 0 Å². The summed E-state index contributed by atoms with van der Waals surface area (Å²) in [7, 11) is 0. The molecule has 0 aliphatic carbocycles. The van der Waals surface area contributed by atoms with E-state index < -0.39 is 0 Å². The van der Waals surface area contributed by atoms with Crippen LogP contribution in [-0.2, 0) is 11.2 Å². The molecule has 3 rings (SSSR count). The minimum Gasteiger partial charge on any atom is -0.339 e. The smallest absolute Gasteiger partial charge is 0.232 e. The van der Waals surface area contributed by atoms with E-state index in [1.165, 1.54) is 16.4 Å². The molecule has 25 heavy (non-hydrogen) atoms. The molecule has 0 atom stereocenters. The van der Waals surface area contributed by atoms with E-state index in [0.29, 0.717) is 44.1 Å². The monoisotopic (exact) mass is 398 g/mol. The predicted octanol–water partition coefficient (Wildman–Crippen LogP) is 3.94. The summed E-state index contributed by atoms with van der Waals surface area (Å²) in [6.45, 7) is 6.03. The van der Waals surface area contributed by atoms with Crippen molar-refractivity contribution in [1.29, 1.82) is 0 Å². The lowest BCUT2D eigenvalue weighted by molar-refractivity contribution is 0.319. The number of nitrogens with two attached hydrogens (primary N) is 1. The van der Waals surface area contributed by atoms with E-state index in [1.807, 2.05) is 20.8 Å². The van der Waals surface area contributed by atoms with E-state index in [-0.39, 0.29) is 5.41 Å². The second-order valence-electron chi connectivity index (χ2n) is 6.35. The van der Waals surface area contributed by atoms with Gasteiger partial charge in [0.2, 0.25) is 11.0 Å². The number of nitrogen functional groups attached to an aromatic ring is 1. The number of thioether (sulfide) groups is 1. The maximum Gasteiger partial charge on any atom is 0.232 e. The fraction of sp³-hybridized carbons (Fsp3) is 0.333. The van der Waals surface area contributed by atoms with E-state index in [4.69, 9.17) is 33.6 Å². The predicted molar refractivity (Wildman–Crippen MR) is 98.2 cm³/mol. The van der Waals surface area contributed by atoms with Gasteiger partial charge in [-0.2, -0.15) is 4.98 Å². The third-order valence-electron chi connectivity index (χ3n) is 3.27. The zero-order valence-electron chi connectivity index (χ0n) is 13.8. The van der Waals surface area contributed by atoms with Crippen molar-refractivity contribution in [2.75, 3.05) is 5.84 Å². The van der Waals surface area contributed by atoms with Crippen molar-refractivity contribution in [3.63, 3.8) is 0 Å². The second kappa shape index (κ2) is 6.86.